The number of rotatable bonds is 7. The third-order valence-corrected chi connectivity index (χ3v) is 6.68. The van der Waals surface area contributed by atoms with Gasteiger partial charge in [0, 0.05) is 38.2 Å². The molecule has 0 fully saturated rings. The number of ether oxygens (including phenoxy) is 1. The molecule has 1 aromatic heterocycles. The SMILES string of the molecule is Cc1ccc(C(CC(=O)O)c2ncc(N(C)N)c(N)c2C)cc1CN1CCOc2ccccc2C1. The minimum Gasteiger partial charge on any atom is -0.492 e. The minimum atomic E-state index is -0.891. The van der Waals surface area contributed by atoms with Gasteiger partial charge in [0.15, 0.2) is 0 Å². The van der Waals surface area contributed by atoms with E-state index >= 15 is 0 Å². The molecule has 35 heavy (non-hydrogen) atoms. The summed E-state index contributed by atoms with van der Waals surface area (Å²) in [4.78, 5) is 18.8. The minimum absolute atomic E-state index is 0.0848. The number of benzene rings is 2. The summed E-state index contributed by atoms with van der Waals surface area (Å²) < 4.78 is 5.92. The van der Waals surface area contributed by atoms with Crippen molar-refractivity contribution in [2.24, 2.45) is 5.84 Å². The van der Waals surface area contributed by atoms with Gasteiger partial charge in [-0.1, -0.05) is 36.4 Å². The molecule has 0 aliphatic carbocycles. The van der Waals surface area contributed by atoms with E-state index in [-0.39, 0.29) is 6.42 Å². The highest BCUT2D eigenvalue weighted by atomic mass is 16.5. The van der Waals surface area contributed by atoms with Gasteiger partial charge in [-0.2, -0.15) is 0 Å². The molecule has 2 heterocycles. The zero-order chi connectivity index (χ0) is 25.1. The summed E-state index contributed by atoms with van der Waals surface area (Å²) >= 11 is 0. The van der Waals surface area contributed by atoms with Gasteiger partial charge in [0.25, 0.3) is 0 Å². The number of carboxylic acids is 1. The van der Waals surface area contributed by atoms with E-state index in [4.69, 9.17) is 16.3 Å². The number of nitrogens with zero attached hydrogens (tertiary/aromatic N) is 3. The Morgan fingerprint density at radius 1 is 1.26 bits per heavy atom. The lowest BCUT2D eigenvalue weighted by Crippen LogP contribution is -2.27. The molecule has 5 N–H and O–H groups in total. The van der Waals surface area contributed by atoms with E-state index in [1.807, 2.05) is 31.2 Å². The molecule has 0 spiro atoms. The highest BCUT2D eigenvalue weighted by molar-refractivity contribution is 5.73. The van der Waals surface area contributed by atoms with Crippen molar-refractivity contribution in [3.8, 4) is 5.75 Å². The van der Waals surface area contributed by atoms with Gasteiger partial charge in [-0.3, -0.25) is 14.7 Å². The van der Waals surface area contributed by atoms with Crippen molar-refractivity contribution in [2.45, 2.75) is 39.3 Å². The molecule has 1 aliphatic heterocycles. The van der Waals surface area contributed by atoms with Crippen LogP contribution in [0, 0.1) is 13.8 Å². The predicted molar refractivity (Wildman–Crippen MR) is 137 cm³/mol. The molecule has 4 rings (SSSR count). The number of aliphatic carboxylic acids is 1. The van der Waals surface area contributed by atoms with E-state index in [9.17, 15) is 9.90 Å². The van der Waals surface area contributed by atoms with E-state index in [1.165, 1.54) is 10.6 Å². The average Bonchev–Trinajstić information content (AvgIpc) is 3.02. The molecule has 0 radical (unpaired) electrons. The van der Waals surface area contributed by atoms with Crippen molar-refractivity contribution >= 4 is 17.3 Å². The van der Waals surface area contributed by atoms with Crippen LogP contribution in [0.1, 0.15) is 45.8 Å². The maximum absolute atomic E-state index is 11.8. The Morgan fingerprint density at radius 2 is 2.03 bits per heavy atom. The highest BCUT2D eigenvalue weighted by Crippen LogP contribution is 2.35. The van der Waals surface area contributed by atoms with E-state index in [0.717, 1.165) is 47.6 Å². The van der Waals surface area contributed by atoms with E-state index in [2.05, 4.69) is 35.0 Å². The second-order valence-electron chi connectivity index (χ2n) is 9.18. The number of hydrazine groups is 1. The highest BCUT2D eigenvalue weighted by Gasteiger charge is 2.25. The maximum Gasteiger partial charge on any atom is 0.304 e. The summed E-state index contributed by atoms with van der Waals surface area (Å²) in [5.41, 5.74) is 13.2. The molecule has 1 unspecified atom stereocenters. The number of fused-ring (bicyclic) bond motifs is 1. The normalized spacial score (nSPS) is 14.5. The van der Waals surface area contributed by atoms with Crippen molar-refractivity contribution in [1.29, 1.82) is 0 Å². The van der Waals surface area contributed by atoms with Crippen LogP contribution in [-0.2, 0) is 17.9 Å². The third-order valence-electron chi connectivity index (χ3n) is 6.68. The van der Waals surface area contributed by atoms with Gasteiger partial charge < -0.3 is 20.6 Å². The van der Waals surface area contributed by atoms with Gasteiger partial charge in [-0.05, 0) is 42.2 Å². The lowest BCUT2D eigenvalue weighted by Gasteiger charge is -2.24. The average molecular weight is 476 g/mol. The second kappa shape index (κ2) is 10.3. The molecule has 0 bridgehead atoms. The van der Waals surface area contributed by atoms with Gasteiger partial charge in [-0.25, -0.2) is 5.84 Å². The first-order valence-corrected chi connectivity index (χ1v) is 11.7. The molecule has 1 atom stereocenters. The molecular weight excluding hydrogens is 442 g/mol. The fraction of sp³-hybridized carbons (Fsp3) is 0.333. The van der Waals surface area contributed by atoms with Crippen LogP contribution in [0.5, 0.6) is 5.75 Å². The number of hydrogen-bond donors (Lipinski definition) is 3. The third kappa shape index (κ3) is 5.39. The lowest BCUT2D eigenvalue weighted by molar-refractivity contribution is -0.137. The summed E-state index contributed by atoms with van der Waals surface area (Å²) in [6.07, 6.45) is 1.52. The summed E-state index contributed by atoms with van der Waals surface area (Å²) in [5.74, 6) is 5.49. The standard InChI is InChI=1S/C27H33N5O3/c1-17-8-9-19(12-21(17)16-32-10-11-35-24-7-5-4-6-20(24)15-32)22(13-25(33)34)27-18(2)26(28)23(14-30-27)31(3)29/h4-9,12,14,22H,10-11,13,15-16,29H2,1-3H3,(H2,28,30)(H,33,34). The molecule has 0 saturated heterocycles. The Labute approximate surface area is 206 Å². The van der Waals surface area contributed by atoms with Crippen LogP contribution in [0.4, 0.5) is 11.4 Å². The van der Waals surface area contributed by atoms with Crippen LogP contribution >= 0.6 is 0 Å². The molecule has 3 aromatic rings. The number of carboxylic acid groups (broad SMARTS) is 1. The van der Waals surface area contributed by atoms with Crippen LogP contribution < -0.4 is 21.3 Å². The van der Waals surface area contributed by atoms with Crippen molar-refractivity contribution in [3.63, 3.8) is 0 Å². The molecule has 0 saturated carbocycles. The molecule has 2 aromatic carbocycles. The fourth-order valence-corrected chi connectivity index (χ4v) is 4.64. The van der Waals surface area contributed by atoms with Crippen molar-refractivity contribution in [1.82, 2.24) is 9.88 Å². The number of para-hydroxylation sites is 1. The Hall–Kier alpha value is -3.62. The molecular formula is C27H33N5O3. The van der Waals surface area contributed by atoms with E-state index in [1.54, 1.807) is 13.2 Å². The monoisotopic (exact) mass is 475 g/mol. The number of nitrogens with two attached hydrogens (primary N) is 2. The number of aryl methyl sites for hydroxylation is 1. The lowest BCUT2D eigenvalue weighted by atomic mass is 9.87. The van der Waals surface area contributed by atoms with Crippen LogP contribution in [-0.4, -0.2) is 41.2 Å². The smallest absolute Gasteiger partial charge is 0.304 e. The van der Waals surface area contributed by atoms with Gasteiger partial charge in [0.05, 0.1) is 29.7 Å². The molecule has 8 nitrogen and oxygen atoms in total. The predicted octanol–water partition coefficient (Wildman–Crippen LogP) is 3.59. The number of hydrogen-bond acceptors (Lipinski definition) is 7. The molecule has 184 valence electrons. The first kappa shape index (κ1) is 24.5. The van der Waals surface area contributed by atoms with Crippen molar-refractivity contribution < 1.29 is 14.6 Å². The second-order valence-corrected chi connectivity index (χ2v) is 9.18. The van der Waals surface area contributed by atoms with Gasteiger partial charge in [0.1, 0.15) is 12.4 Å². The number of nitrogen functional groups attached to an aromatic ring is 1. The quantitative estimate of drug-likeness (QED) is 0.350. The molecule has 0 amide bonds. The first-order valence-electron chi connectivity index (χ1n) is 11.7. The Bertz CT molecular complexity index is 1230. The van der Waals surface area contributed by atoms with Gasteiger partial charge >= 0.3 is 5.97 Å². The Balaban J connectivity index is 1.67. The Kier molecular flexibility index (Phi) is 7.23. The van der Waals surface area contributed by atoms with Gasteiger partial charge in [-0.15, -0.1) is 0 Å². The summed E-state index contributed by atoms with van der Waals surface area (Å²) in [6.45, 7) is 6.92. The number of carbonyl (C=O) groups is 1. The first-order chi connectivity index (χ1) is 16.7. The maximum atomic E-state index is 11.8. The van der Waals surface area contributed by atoms with E-state index in [0.29, 0.717) is 23.7 Å². The van der Waals surface area contributed by atoms with Crippen molar-refractivity contribution in [3.05, 3.63) is 82.2 Å². The summed E-state index contributed by atoms with van der Waals surface area (Å²) in [6, 6.07) is 14.3. The van der Waals surface area contributed by atoms with Crippen LogP contribution in [0.2, 0.25) is 0 Å². The Morgan fingerprint density at radius 3 is 2.77 bits per heavy atom. The summed E-state index contributed by atoms with van der Waals surface area (Å²) in [5, 5.41) is 11.1. The largest absolute Gasteiger partial charge is 0.492 e. The number of aromatic nitrogens is 1. The summed E-state index contributed by atoms with van der Waals surface area (Å²) in [7, 11) is 1.69. The van der Waals surface area contributed by atoms with Crippen LogP contribution in [0.3, 0.4) is 0 Å². The van der Waals surface area contributed by atoms with Gasteiger partial charge in [0.2, 0.25) is 0 Å². The zero-order valence-electron chi connectivity index (χ0n) is 20.5. The van der Waals surface area contributed by atoms with Crippen LogP contribution in [0.15, 0.2) is 48.7 Å². The van der Waals surface area contributed by atoms with E-state index < -0.39 is 11.9 Å². The molecule has 1 aliphatic rings. The number of anilines is 2. The fourth-order valence-electron chi connectivity index (χ4n) is 4.64. The molecule has 8 heteroatoms. The topological polar surface area (TPSA) is 118 Å². The zero-order valence-corrected chi connectivity index (χ0v) is 20.5. The number of pyridine rings is 1. The van der Waals surface area contributed by atoms with Crippen LogP contribution in [0.25, 0.3) is 0 Å². The van der Waals surface area contributed by atoms with Crippen molar-refractivity contribution in [2.75, 3.05) is 30.9 Å².